The largest absolute Gasteiger partial charge is 0.465 e. The van der Waals surface area contributed by atoms with Crippen molar-refractivity contribution in [2.45, 2.75) is 6.42 Å². The van der Waals surface area contributed by atoms with Gasteiger partial charge >= 0.3 is 5.97 Å². The van der Waals surface area contributed by atoms with Gasteiger partial charge in [-0.2, -0.15) is 0 Å². The SMILES string of the molecule is COC(=O)c1ccccc1N1CC(C(=O)N2CCN(c3ccc(-c4ccccc4)nn3)CC2)CC1=O. The number of aromatic nitrogens is 2. The minimum atomic E-state index is -0.510. The van der Waals surface area contributed by atoms with E-state index in [0.717, 1.165) is 17.1 Å². The lowest BCUT2D eigenvalue weighted by Gasteiger charge is -2.36. The lowest BCUT2D eigenvalue weighted by Crippen LogP contribution is -2.51. The van der Waals surface area contributed by atoms with Crippen LogP contribution in [0.3, 0.4) is 0 Å². The average molecular weight is 486 g/mol. The van der Waals surface area contributed by atoms with Crippen molar-refractivity contribution >= 4 is 29.3 Å². The fourth-order valence-electron chi connectivity index (χ4n) is 4.77. The van der Waals surface area contributed by atoms with Gasteiger partial charge in [0.15, 0.2) is 5.82 Å². The number of carbonyl (C=O) groups is 3. The highest BCUT2D eigenvalue weighted by Gasteiger charge is 2.39. The third-order valence-corrected chi connectivity index (χ3v) is 6.71. The number of esters is 1. The Bertz CT molecular complexity index is 1260. The first-order chi connectivity index (χ1) is 17.5. The number of carbonyl (C=O) groups excluding carboxylic acids is 3. The zero-order valence-corrected chi connectivity index (χ0v) is 20.0. The Morgan fingerprint density at radius 1 is 0.889 bits per heavy atom. The van der Waals surface area contributed by atoms with E-state index in [0.29, 0.717) is 37.4 Å². The maximum Gasteiger partial charge on any atom is 0.339 e. The van der Waals surface area contributed by atoms with Crippen LogP contribution in [-0.2, 0) is 14.3 Å². The van der Waals surface area contributed by atoms with Crippen molar-refractivity contribution in [3.05, 3.63) is 72.3 Å². The molecule has 2 aromatic carbocycles. The van der Waals surface area contributed by atoms with Gasteiger partial charge in [-0.05, 0) is 24.3 Å². The number of methoxy groups -OCH3 is 1. The highest BCUT2D eigenvalue weighted by atomic mass is 16.5. The summed E-state index contributed by atoms with van der Waals surface area (Å²) in [6, 6.07) is 20.6. The predicted octanol–water partition coefficient (Wildman–Crippen LogP) is 2.63. The van der Waals surface area contributed by atoms with Gasteiger partial charge in [-0.15, -0.1) is 10.2 Å². The van der Waals surface area contributed by atoms with Crippen molar-refractivity contribution in [3.63, 3.8) is 0 Å². The van der Waals surface area contributed by atoms with Gasteiger partial charge in [0.1, 0.15) is 0 Å². The molecule has 1 unspecified atom stereocenters. The number of benzene rings is 2. The summed E-state index contributed by atoms with van der Waals surface area (Å²) < 4.78 is 4.85. The summed E-state index contributed by atoms with van der Waals surface area (Å²) in [7, 11) is 1.31. The predicted molar refractivity (Wildman–Crippen MR) is 135 cm³/mol. The molecule has 2 amide bonds. The van der Waals surface area contributed by atoms with Gasteiger partial charge in [-0.1, -0.05) is 42.5 Å². The fourth-order valence-corrected chi connectivity index (χ4v) is 4.77. The van der Waals surface area contributed by atoms with E-state index in [1.54, 1.807) is 24.3 Å². The first kappa shape index (κ1) is 23.5. The van der Waals surface area contributed by atoms with Crippen LogP contribution >= 0.6 is 0 Å². The van der Waals surface area contributed by atoms with E-state index >= 15 is 0 Å². The number of piperazine rings is 1. The average Bonchev–Trinajstić information content (AvgIpc) is 3.34. The quantitative estimate of drug-likeness (QED) is 0.513. The second kappa shape index (κ2) is 10.2. The minimum absolute atomic E-state index is 0.0356. The molecule has 1 atom stereocenters. The lowest BCUT2D eigenvalue weighted by molar-refractivity contribution is -0.136. The van der Waals surface area contributed by atoms with Gasteiger partial charge in [0.25, 0.3) is 0 Å². The van der Waals surface area contributed by atoms with Crippen molar-refractivity contribution in [2.24, 2.45) is 5.92 Å². The first-order valence-electron chi connectivity index (χ1n) is 12.0. The monoisotopic (exact) mass is 485 g/mol. The van der Waals surface area contributed by atoms with E-state index in [9.17, 15) is 14.4 Å². The zero-order valence-electron chi connectivity index (χ0n) is 20.0. The number of amides is 2. The molecule has 0 radical (unpaired) electrons. The number of anilines is 2. The normalized spacial score (nSPS) is 17.9. The molecule has 2 saturated heterocycles. The van der Waals surface area contributed by atoms with Crippen molar-refractivity contribution in [1.29, 1.82) is 0 Å². The maximum atomic E-state index is 13.3. The summed E-state index contributed by atoms with van der Waals surface area (Å²) in [5.74, 6) is -0.379. The third kappa shape index (κ3) is 4.64. The molecule has 1 aromatic heterocycles. The van der Waals surface area contributed by atoms with Crippen LogP contribution < -0.4 is 9.80 Å². The van der Waals surface area contributed by atoms with Crippen LogP contribution in [0.25, 0.3) is 11.3 Å². The summed E-state index contributed by atoms with van der Waals surface area (Å²) in [6.07, 6.45) is 0.126. The number of para-hydroxylation sites is 1. The molecule has 9 heteroatoms. The molecule has 0 N–H and O–H groups in total. The molecule has 0 bridgehead atoms. The van der Waals surface area contributed by atoms with Crippen molar-refractivity contribution in [2.75, 3.05) is 49.6 Å². The number of hydrogen-bond donors (Lipinski definition) is 0. The van der Waals surface area contributed by atoms with E-state index in [4.69, 9.17) is 4.74 Å². The van der Waals surface area contributed by atoms with Crippen molar-refractivity contribution < 1.29 is 19.1 Å². The van der Waals surface area contributed by atoms with Crippen LogP contribution in [-0.4, -0.2) is 72.7 Å². The lowest BCUT2D eigenvalue weighted by atomic mass is 10.1. The second-order valence-corrected chi connectivity index (χ2v) is 8.87. The standard InChI is InChI=1S/C27H27N5O4/c1-36-27(35)21-9-5-6-10-23(21)32-18-20(17-25(32)33)26(34)31-15-13-30(14-16-31)24-12-11-22(28-29-24)19-7-3-2-4-8-19/h2-12,20H,13-18H2,1H3. The van der Waals surface area contributed by atoms with Gasteiger partial charge in [0, 0.05) is 44.7 Å². The highest BCUT2D eigenvalue weighted by molar-refractivity contribution is 6.05. The summed E-state index contributed by atoms with van der Waals surface area (Å²) in [5, 5.41) is 8.76. The number of nitrogens with zero attached hydrogens (tertiary/aromatic N) is 5. The van der Waals surface area contributed by atoms with Crippen LogP contribution in [0.15, 0.2) is 66.7 Å². The number of ether oxygens (including phenoxy) is 1. The fraction of sp³-hybridized carbons (Fsp3) is 0.296. The summed E-state index contributed by atoms with van der Waals surface area (Å²) in [6.45, 7) is 2.62. The van der Waals surface area contributed by atoms with Gasteiger partial charge in [-0.25, -0.2) is 4.79 Å². The smallest absolute Gasteiger partial charge is 0.339 e. The zero-order chi connectivity index (χ0) is 25.1. The highest BCUT2D eigenvalue weighted by Crippen LogP contribution is 2.30. The molecule has 36 heavy (non-hydrogen) atoms. The molecule has 2 aliphatic rings. The van der Waals surface area contributed by atoms with E-state index in [-0.39, 0.29) is 24.8 Å². The van der Waals surface area contributed by atoms with E-state index < -0.39 is 11.9 Å². The molecule has 0 spiro atoms. The molecule has 3 aromatic rings. The Kier molecular flexibility index (Phi) is 6.62. The van der Waals surface area contributed by atoms with Crippen LogP contribution in [0.2, 0.25) is 0 Å². The van der Waals surface area contributed by atoms with Crippen LogP contribution in [0, 0.1) is 5.92 Å². The van der Waals surface area contributed by atoms with Crippen LogP contribution in [0.1, 0.15) is 16.8 Å². The van der Waals surface area contributed by atoms with Crippen LogP contribution in [0.4, 0.5) is 11.5 Å². The molecular formula is C27H27N5O4. The van der Waals surface area contributed by atoms with E-state index in [1.165, 1.54) is 12.0 Å². The minimum Gasteiger partial charge on any atom is -0.465 e. The molecule has 2 fully saturated rings. The van der Waals surface area contributed by atoms with Gasteiger partial charge in [0.2, 0.25) is 11.8 Å². The van der Waals surface area contributed by atoms with Crippen LogP contribution in [0.5, 0.6) is 0 Å². The number of hydrogen-bond acceptors (Lipinski definition) is 7. The molecular weight excluding hydrogens is 458 g/mol. The Morgan fingerprint density at radius 3 is 2.31 bits per heavy atom. The topological polar surface area (TPSA) is 95.9 Å². The molecule has 0 saturated carbocycles. The van der Waals surface area contributed by atoms with Gasteiger partial charge < -0.3 is 19.4 Å². The molecule has 9 nitrogen and oxygen atoms in total. The molecule has 0 aliphatic carbocycles. The molecule has 3 heterocycles. The molecule has 2 aliphatic heterocycles. The maximum absolute atomic E-state index is 13.3. The summed E-state index contributed by atoms with van der Waals surface area (Å²) in [5.41, 5.74) is 2.63. The third-order valence-electron chi connectivity index (χ3n) is 6.71. The Hall–Kier alpha value is -4.27. The Labute approximate surface area is 209 Å². The Morgan fingerprint density at radius 2 is 1.61 bits per heavy atom. The summed E-state index contributed by atoms with van der Waals surface area (Å²) >= 11 is 0. The van der Waals surface area contributed by atoms with E-state index in [2.05, 4.69) is 15.1 Å². The van der Waals surface area contributed by atoms with Gasteiger partial charge in [-0.3, -0.25) is 9.59 Å². The Balaban J connectivity index is 1.20. The second-order valence-electron chi connectivity index (χ2n) is 8.87. The molecule has 184 valence electrons. The summed E-state index contributed by atoms with van der Waals surface area (Å²) in [4.78, 5) is 43.6. The van der Waals surface area contributed by atoms with Crippen molar-refractivity contribution in [1.82, 2.24) is 15.1 Å². The number of rotatable bonds is 5. The van der Waals surface area contributed by atoms with Gasteiger partial charge in [0.05, 0.1) is 30.0 Å². The van der Waals surface area contributed by atoms with Crippen molar-refractivity contribution in [3.8, 4) is 11.3 Å². The van der Waals surface area contributed by atoms with E-state index in [1.807, 2.05) is 47.4 Å². The first-order valence-corrected chi connectivity index (χ1v) is 12.0. The molecule has 5 rings (SSSR count).